The maximum atomic E-state index is 13.9. The van der Waals surface area contributed by atoms with Crippen molar-refractivity contribution >= 4 is 33.7 Å². The third-order valence-corrected chi connectivity index (χ3v) is 9.24. The molecule has 1 saturated heterocycles. The molecule has 0 saturated carbocycles. The molecule has 0 aromatic heterocycles. The molecule has 4 rings (SSSR count). The molecule has 1 aliphatic rings. The Morgan fingerprint density at radius 1 is 0.944 bits per heavy atom. The predicted molar refractivity (Wildman–Crippen MR) is 141 cm³/mol. The second-order valence-electron chi connectivity index (χ2n) is 8.75. The minimum atomic E-state index is -4.33. The number of benzene rings is 3. The highest BCUT2D eigenvalue weighted by atomic mass is 32.2. The summed E-state index contributed by atoms with van der Waals surface area (Å²) in [5, 5.41) is -0.523. The fourth-order valence-electron chi connectivity index (χ4n) is 4.10. The van der Waals surface area contributed by atoms with Gasteiger partial charge in [0.25, 0.3) is 10.0 Å². The first-order chi connectivity index (χ1) is 17.4. The van der Waals surface area contributed by atoms with Crippen LogP contribution in [-0.4, -0.2) is 41.6 Å². The summed E-state index contributed by atoms with van der Waals surface area (Å²) in [4.78, 5) is 27.3. The van der Waals surface area contributed by atoms with Crippen molar-refractivity contribution in [2.45, 2.75) is 49.0 Å². The van der Waals surface area contributed by atoms with Gasteiger partial charge in [-0.1, -0.05) is 78.4 Å². The molecule has 0 aliphatic carbocycles. The summed E-state index contributed by atoms with van der Waals surface area (Å²) in [5.74, 6) is -0.554. The Morgan fingerprint density at radius 3 is 2.14 bits per heavy atom. The quantitative estimate of drug-likeness (QED) is 0.376. The van der Waals surface area contributed by atoms with Crippen LogP contribution in [0.4, 0.5) is 0 Å². The molecule has 3 aromatic rings. The molecule has 0 N–H and O–H groups in total. The fraction of sp³-hybridized carbons (Fsp3) is 0.286. The highest BCUT2D eigenvalue weighted by Gasteiger charge is 2.44. The van der Waals surface area contributed by atoms with Crippen molar-refractivity contribution in [3.05, 3.63) is 102 Å². The van der Waals surface area contributed by atoms with E-state index in [1.807, 2.05) is 67.6 Å². The van der Waals surface area contributed by atoms with Crippen LogP contribution in [0.15, 0.2) is 89.8 Å². The minimum Gasteiger partial charge on any atom is -0.459 e. The van der Waals surface area contributed by atoms with Gasteiger partial charge in [0.2, 0.25) is 5.91 Å². The smallest absolute Gasteiger partial charge is 0.330 e. The zero-order chi connectivity index (χ0) is 25.5. The number of amides is 1. The Balaban J connectivity index is 1.74. The molecular weight excluding hydrogens is 494 g/mol. The van der Waals surface area contributed by atoms with E-state index in [0.29, 0.717) is 6.42 Å². The minimum absolute atomic E-state index is 0.0165. The third kappa shape index (κ3) is 6.17. The average molecular weight is 524 g/mol. The maximum Gasteiger partial charge on any atom is 0.330 e. The van der Waals surface area contributed by atoms with E-state index in [9.17, 15) is 18.0 Å². The summed E-state index contributed by atoms with van der Waals surface area (Å²) in [6.07, 6.45) is 1.41. The molecule has 36 heavy (non-hydrogen) atoms. The molecule has 1 amide bonds. The number of aryl methyl sites for hydroxylation is 1. The summed E-state index contributed by atoms with van der Waals surface area (Å²) in [7, 11) is -4.33. The summed E-state index contributed by atoms with van der Waals surface area (Å²) < 4.78 is 34.3. The second kappa shape index (κ2) is 11.8. The summed E-state index contributed by atoms with van der Waals surface area (Å²) >= 11 is 1.43. The number of hydrogen-bond donors (Lipinski definition) is 0. The topological polar surface area (TPSA) is 80.8 Å². The zero-order valence-electron chi connectivity index (χ0n) is 20.1. The number of thioether (sulfide) groups is 1. The van der Waals surface area contributed by atoms with Gasteiger partial charge in [-0.3, -0.25) is 4.79 Å². The van der Waals surface area contributed by atoms with E-state index in [2.05, 4.69) is 0 Å². The Morgan fingerprint density at radius 2 is 1.56 bits per heavy atom. The van der Waals surface area contributed by atoms with E-state index >= 15 is 0 Å². The molecule has 8 heteroatoms. The van der Waals surface area contributed by atoms with Crippen LogP contribution in [0, 0.1) is 6.92 Å². The van der Waals surface area contributed by atoms with E-state index in [4.69, 9.17) is 4.74 Å². The summed E-state index contributed by atoms with van der Waals surface area (Å²) in [5.41, 5.74) is 2.39. The molecule has 0 radical (unpaired) electrons. The lowest BCUT2D eigenvalue weighted by Gasteiger charge is -2.31. The summed E-state index contributed by atoms with van der Waals surface area (Å²) in [6.45, 7) is 1.84. The monoisotopic (exact) mass is 523 g/mol. The molecule has 3 aromatic carbocycles. The van der Waals surface area contributed by atoms with Gasteiger partial charge in [-0.15, -0.1) is 11.8 Å². The van der Waals surface area contributed by atoms with Crippen molar-refractivity contribution in [1.29, 1.82) is 0 Å². The lowest BCUT2D eigenvalue weighted by molar-refractivity contribution is -0.152. The standard InChI is InChI=1S/C28H29NO5S2/c1-21-14-16-24(17-15-21)36(32,33)29(27(30)26-13-8-18-35-26)25(19-22-9-4-2-5-10-22)28(31)34-20-23-11-6-3-7-12-23/h2-7,9-12,14-17,25-26H,8,13,18-20H2,1H3/t25-,26-/m0/s1. The molecule has 1 fully saturated rings. The van der Waals surface area contributed by atoms with Crippen molar-refractivity contribution in [3.8, 4) is 0 Å². The predicted octanol–water partition coefficient (Wildman–Crippen LogP) is 4.76. The average Bonchev–Trinajstić information content (AvgIpc) is 3.43. The van der Waals surface area contributed by atoms with E-state index in [1.54, 1.807) is 12.1 Å². The lowest BCUT2D eigenvalue weighted by Crippen LogP contribution is -2.52. The van der Waals surface area contributed by atoms with Gasteiger partial charge in [-0.05, 0) is 48.8 Å². The fourth-order valence-corrected chi connectivity index (χ4v) is 6.94. The van der Waals surface area contributed by atoms with Crippen LogP contribution in [-0.2, 0) is 37.4 Å². The third-order valence-electron chi connectivity index (χ3n) is 6.05. The number of sulfonamides is 1. The Labute approximate surface area is 216 Å². The number of esters is 1. The van der Waals surface area contributed by atoms with Gasteiger partial charge in [0, 0.05) is 6.42 Å². The summed E-state index contributed by atoms with van der Waals surface area (Å²) in [6, 6.07) is 23.2. The number of nitrogens with zero attached hydrogens (tertiary/aromatic N) is 1. The highest BCUT2D eigenvalue weighted by Crippen LogP contribution is 2.32. The maximum absolute atomic E-state index is 13.9. The van der Waals surface area contributed by atoms with Gasteiger partial charge < -0.3 is 4.74 Å². The molecular formula is C28H29NO5S2. The largest absolute Gasteiger partial charge is 0.459 e. The number of rotatable bonds is 9. The lowest BCUT2D eigenvalue weighted by atomic mass is 10.1. The molecule has 6 nitrogen and oxygen atoms in total. The van der Waals surface area contributed by atoms with Gasteiger partial charge in [0.1, 0.15) is 12.6 Å². The van der Waals surface area contributed by atoms with Crippen molar-refractivity contribution in [2.75, 3.05) is 5.75 Å². The van der Waals surface area contributed by atoms with Crippen LogP contribution in [0.5, 0.6) is 0 Å². The molecule has 0 bridgehead atoms. The van der Waals surface area contributed by atoms with E-state index in [1.165, 1.54) is 23.9 Å². The van der Waals surface area contributed by atoms with Crippen LogP contribution >= 0.6 is 11.8 Å². The Kier molecular flexibility index (Phi) is 8.48. The van der Waals surface area contributed by atoms with Crippen molar-refractivity contribution in [2.24, 2.45) is 0 Å². The van der Waals surface area contributed by atoms with Crippen molar-refractivity contribution in [3.63, 3.8) is 0 Å². The number of carbonyl (C=O) groups is 2. The number of ether oxygens (including phenoxy) is 1. The van der Waals surface area contributed by atoms with Crippen LogP contribution in [0.1, 0.15) is 29.5 Å². The molecule has 2 atom stereocenters. The first-order valence-corrected chi connectivity index (χ1v) is 14.4. The molecule has 188 valence electrons. The van der Waals surface area contributed by atoms with Crippen molar-refractivity contribution in [1.82, 2.24) is 4.31 Å². The number of carbonyl (C=O) groups excluding carboxylic acids is 2. The van der Waals surface area contributed by atoms with Crippen LogP contribution in [0.3, 0.4) is 0 Å². The van der Waals surface area contributed by atoms with Gasteiger partial charge in [0.15, 0.2) is 0 Å². The first kappa shape index (κ1) is 26.0. The molecule has 1 aliphatic heterocycles. The van der Waals surface area contributed by atoms with E-state index in [0.717, 1.165) is 33.2 Å². The van der Waals surface area contributed by atoms with Gasteiger partial charge in [0.05, 0.1) is 10.1 Å². The molecule has 0 unspecified atom stereocenters. The normalized spacial score (nSPS) is 16.3. The van der Waals surface area contributed by atoms with Gasteiger partial charge in [-0.25, -0.2) is 17.5 Å². The van der Waals surface area contributed by atoms with Crippen LogP contribution in [0.25, 0.3) is 0 Å². The highest BCUT2D eigenvalue weighted by molar-refractivity contribution is 8.01. The van der Waals surface area contributed by atoms with Gasteiger partial charge in [-0.2, -0.15) is 0 Å². The van der Waals surface area contributed by atoms with Crippen LogP contribution in [0.2, 0.25) is 0 Å². The van der Waals surface area contributed by atoms with E-state index < -0.39 is 33.2 Å². The molecule has 0 spiro atoms. The van der Waals surface area contributed by atoms with E-state index in [-0.39, 0.29) is 17.9 Å². The Hall–Kier alpha value is -3.10. The SMILES string of the molecule is Cc1ccc(S(=O)(=O)N(C(=O)[C@@H]2CCCS2)[C@@H](Cc2ccccc2)C(=O)OCc2ccccc2)cc1. The van der Waals surface area contributed by atoms with Crippen LogP contribution < -0.4 is 0 Å². The number of hydrogen-bond acceptors (Lipinski definition) is 6. The van der Waals surface area contributed by atoms with Crippen molar-refractivity contribution < 1.29 is 22.7 Å². The molecule has 1 heterocycles. The zero-order valence-corrected chi connectivity index (χ0v) is 21.7. The first-order valence-electron chi connectivity index (χ1n) is 11.9. The van der Waals surface area contributed by atoms with Gasteiger partial charge >= 0.3 is 5.97 Å². The Bertz CT molecular complexity index is 1270. The second-order valence-corrected chi connectivity index (χ2v) is 11.9.